The maximum Gasteiger partial charge on any atom is 0.138 e. The number of nitrogens with one attached hydrogen (secondary N) is 2. The number of pyridine rings is 1. The summed E-state index contributed by atoms with van der Waals surface area (Å²) in [5.41, 5.74) is 4.32. The van der Waals surface area contributed by atoms with Crippen molar-refractivity contribution < 1.29 is 0 Å². The number of rotatable bonds is 4. The lowest BCUT2D eigenvalue weighted by Gasteiger charge is -2.21. The van der Waals surface area contributed by atoms with Crippen LogP contribution in [0.25, 0.3) is 22.2 Å². The third-order valence-corrected chi connectivity index (χ3v) is 5.76. The van der Waals surface area contributed by atoms with E-state index < -0.39 is 0 Å². The fourth-order valence-electron chi connectivity index (χ4n) is 3.87. The zero-order chi connectivity index (χ0) is 16.8. The molecule has 0 radical (unpaired) electrons. The zero-order valence-corrected chi connectivity index (χ0v) is 14.9. The highest BCUT2D eigenvalue weighted by atomic mass is 35.5. The quantitative estimate of drug-likeness (QED) is 0.744. The smallest absolute Gasteiger partial charge is 0.138 e. The van der Waals surface area contributed by atoms with Crippen molar-refractivity contribution in [2.75, 3.05) is 13.1 Å². The van der Waals surface area contributed by atoms with Crippen LogP contribution in [0.3, 0.4) is 0 Å². The molecular formula is C19H22ClN5. The molecule has 25 heavy (non-hydrogen) atoms. The first-order valence-corrected chi connectivity index (χ1v) is 9.56. The predicted octanol–water partition coefficient (Wildman–Crippen LogP) is 3.96. The molecule has 0 atom stereocenters. The Bertz CT molecular complexity index is 902. The normalized spacial score (nSPS) is 18.9. The van der Waals surface area contributed by atoms with E-state index in [1.807, 2.05) is 6.20 Å². The second-order valence-corrected chi connectivity index (χ2v) is 7.79. The van der Waals surface area contributed by atoms with E-state index in [4.69, 9.17) is 11.6 Å². The number of fused-ring (bicyclic) bond motifs is 1. The van der Waals surface area contributed by atoms with Crippen molar-refractivity contribution in [1.82, 2.24) is 25.1 Å². The van der Waals surface area contributed by atoms with E-state index in [0.29, 0.717) is 10.9 Å². The number of nitrogens with zero attached hydrogens (tertiary/aromatic N) is 3. The third kappa shape index (κ3) is 2.96. The highest BCUT2D eigenvalue weighted by Gasteiger charge is 2.23. The van der Waals surface area contributed by atoms with Crippen molar-refractivity contribution in [1.29, 1.82) is 0 Å². The van der Waals surface area contributed by atoms with Gasteiger partial charge in [0.25, 0.3) is 0 Å². The molecule has 1 saturated heterocycles. The van der Waals surface area contributed by atoms with E-state index in [1.165, 1.54) is 18.5 Å². The molecule has 130 valence electrons. The number of hydrogen-bond acceptors (Lipinski definition) is 3. The van der Waals surface area contributed by atoms with E-state index in [2.05, 4.69) is 37.3 Å². The zero-order valence-electron chi connectivity index (χ0n) is 14.1. The van der Waals surface area contributed by atoms with E-state index in [9.17, 15) is 0 Å². The summed E-state index contributed by atoms with van der Waals surface area (Å²) in [5.74, 6) is 1.37. The minimum atomic E-state index is 0.569. The second kappa shape index (κ2) is 6.15. The van der Waals surface area contributed by atoms with Crippen LogP contribution in [0.15, 0.2) is 24.7 Å². The summed E-state index contributed by atoms with van der Waals surface area (Å²) in [6.07, 6.45) is 10.8. The minimum absolute atomic E-state index is 0.569. The largest absolute Gasteiger partial charge is 0.343 e. The Hall–Kier alpha value is -1.85. The van der Waals surface area contributed by atoms with Gasteiger partial charge >= 0.3 is 0 Å². The number of hydrogen-bond donors (Lipinski definition) is 2. The Balaban J connectivity index is 1.55. The van der Waals surface area contributed by atoms with Crippen molar-refractivity contribution >= 4 is 22.6 Å². The third-order valence-electron chi connectivity index (χ3n) is 5.48. The van der Waals surface area contributed by atoms with Gasteiger partial charge in [-0.3, -0.25) is 4.68 Å². The standard InChI is InChI=1S/C19H22ClN5/c20-16-9-22-19-15(7-17(24-19)13-3-5-21-6-4-13)18(16)14-8-23-25(11-14)10-12-1-2-12/h7-9,11-13,21H,1-6,10H2,(H,22,24). The molecule has 0 unspecified atom stereocenters. The van der Waals surface area contributed by atoms with Gasteiger partial charge in [-0.15, -0.1) is 0 Å². The number of aromatic nitrogens is 4. The van der Waals surface area contributed by atoms with E-state index in [-0.39, 0.29) is 0 Å². The fourth-order valence-corrected chi connectivity index (χ4v) is 4.13. The Morgan fingerprint density at radius 1 is 1.16 bits per heavy atom. The van der Waals surface area contributed by atoms with E-state index in [1.54, 1.807) is 6.20 Å². The molecule has 0 amide bonds. The molecule has 2 fully saturated rings. The molecule has 0 bridgehead atoms. The maximum atomic E-state index is 6.54. The molecule has 1 saturated carbocycles. The van der Waals surface area contributed by atoms with Gasteiger partial charge < -0.3 is 10.3 Å². The molecule has 6 heteroatoms. The molecule has 4 heterocycles. The van der Waals surface area contributed by atoms with Gasteiger partial charge in [-0.25, -0.2) is 4.98 Å². The first-order valence-electron chi connectivity index (χ1n) is 9.18. The molecule has 3 aromatic rings. The topological polar surface area (TPSA) is 58.5 Å². The van der Waals surface area contributed by atoms with Crippen LogP contribution in [0, 0.1) is 5.92 Å². The summed E-state index contributed by atoms with van der Waals surface area (Å²) in [4.78, 5) is 8.04. The average molecular weight is 356 g/mol. The molecule has 3 aromatic heterocycles. The molecule has 2 N–H and O–H groups in total. The van der Waals surface area contributed by atoms with Crippen LogP contribution in [0.1, 0.15) is 37.3 Å². The van der Waals surface area contributed by atoms with Gasteiger partial charge in [-0.1, -0.05) is 11.6 Å². The number of H-pyrrole nitrogens is 1. The Kier molecular flexibility index (Phi) is 3.79. The predicted molar refractivity (Wildman–Crippen MR) is 99.9 cm³/mol. The van der Waals surface area contributed by atoms with Gasteiger partial charge in [0.15, 0.2) is 0 Å². The first-order chi connectivity index (χ1) is 12.3. The molecule has 5 nitrogen and oxygen atoms in total. The molecule has 1 aliphatic heterocycles. The number of halogens is 1. The van der Waals surface area contributed by atoms with Crippen LogP contribution in [0.2, 0.25) is 5.02 Å². The van der Waals surface area contributed by atoms with Crippen molar-refractivity contribution in [2.45, 2.75) is 38.1 Å². The summed E-state index contributed by atoms with van der Waals surface area (Å²) in [5, 5.41) is 9.76. The average Bonchev–Trinajstić information content (AvgIpc) is 3.16. The summed E-state index contributed by atoms with van der Waals surface area (Å²) in [6.45, 7) is 3.17. The Labute approximate surface area is 151 Å². The summed E-state index contributed by atoms with van der Waals surface area (Å²) in [6, 6.07) is 2.25. The van der Waals surface area contributed by atoms with Crippen LogP contribution >= 0.6 is 11.6 Å². The summed E-state index contributed by atoms with van der Waals surface area (Å²) < 4.78 is 2.05. The Morgan fingerprint density at radius 3 is 2.80 bits per heavy atom. The minimum Gasteiger partial charge on any atom is -0.343 e. The summed E-state index contributed by atoms with van der Waals surface area (Å²) in [7, 11) is 0. The van der Waals surface area contributed by atoms with Gasteiger partial charge in [-0.05, 0) is 50.8 Å². The SMILES string of the molecule is Clc1cnc2[nH]c(C3CCNCC3)cc2c1-c1cnn(CC2CC2)c1. The second-order valence-electron chi connectivity index (χ2n) is 7.39. The number of aromatic amines is 1. The fraction of sp³-hybridized carbons (Fsp3) is 0.474. The van der Waals surface area contributed by atoms with Gasteiger partial charge in [0, 0.05) is 47.1 Å². The van der Waals surface area contributed by atoms with Gasteiger partial charge in [-0.2, -0.15) is 5.10 Å². The van der Waals surface area contributed by atoms with Crippen molar-refractivity contribution in [3.8, 4) is 11.1 Å². The van der Waals surface area contributed by atoms with Crippen LogP contribution in [0.4, 0.5) is 0 Å². The highest BCUT2D eigenvalue weighted by molar-refractivity contribution is 6.34. The van der Waals surface area contributed by atoms with Crippen molar-refractivity contribution in [2.24, 2.45) is 5.92 Å². The maximum absolute atomic E-state index is 6.54. The number of piperidine rings is 1. The lowest BCUT2D eigenvalue weighted by atomic mass is 9.94. The van der Waals surface area contributed by atoms with E-state index >= 15 is 0 Å². The van der Waals surface area contributed by atoms with E-state index in [0.717, 1.165) is 60.6 Å². The molecule has 1 aliphatic carbocycles. The molecule has 0 spiro atoms. The lowest BCUT2D eigenvalue weighted by Crippen LogP contribution is -2.26. The molecular weight excluding hydrogens is 334 g/mol. The van der Waals surface area contributed by atoms with Gasteiger partial charge in [0.1, 0.15) is 5.65 Å². The van der Waals surface area contributed by atoms with Gasteiger partial charge in [0.05, 0.1) is 11.2 Å². The van der Waals surface area contributed by atoms with Crippen molar-refractivity contribution in [3.63, 3.8) is 0 Å². The highest BCUT2D eigenvalue weighted by Crippen LogP contribution is 2.37. The van der Waals surface area contributed by atoms with Crippen LogP contribution in [-0.4, -0.2) is 32.8 Å². The Morgan fingerprint density at radius 2 is 2.00 bits per heavy atom. The lowest BCUT2D eigenvalue weighted by molar-refractivity contribution is 0.455. The summed E-state index contributed by atoms with van der Waals surface area (Å²) >= 11 is 6.54. The van der Waals surface area contributed by atoms with Crippen LogP contribution < -0.4 is 5.32 Å². The van der Waals surface area contributed by atoms with Crippen LogP contribution in [-0.2, 0) is 6.54 Å². The molecule has 2 aliphatic rings. The van der Waals surface area contributed by atoms with Crippen LogP contribution in [0.5, 0.6) is 0 Å². The monoisotopic (exact) mass is 355 g/mol. The van der Waals surface area contributed by atoms with Gasteiger partial charge in [0.2, 0.25) is 0 Å². The molecule has 5 rings (SSSR count). The first kappa shape index (κ1) is 15.4. The van der Waals surface area contributed by atoms with Crippen molar-refractivity contribution in [3.05, 3.63) is 35.4 Å². The molecule has 0 aromatic carbocycles.